The van der Waals surface area contributed by atoms with Gasteiger partial charge in [0.15, 0.2) is 11.2 Å². The third kappa shape index (κ3) is 3.58. The standard InChI is InChI=1S/C12H13N3O5S/c1-20-6-2-3-7-9(4-6)21-12(14-7)15-11(19)13-8(5-16)10(17)18/h2-4,8,16H,5H2,1H3,(H,17,18)(H2,13,14,15,19). The number of amides is 2. The van der Waals surface area contributed by atoms with E-state index in [1.165, 1.54) is 11.3 Å². The van der Waals surface area contributed by atoms with Crippen LogP contribution >= 0.6 is 11.3 Å². The van der Waals surface area contributed by atoms with E-state index in [9.17, 15) is 9.59 Å². The number of carboxylic acids is 1. The second-order valence-electron chi connectivity index (χ2n) is 4.02. The SMILES string of the molecule is COc1ccc2nc(NC(=O)NC(CO)C(=O)O)sc2c1. The number of carboxylic acid groups (broad SMARTS) is 1. The lowest BCUT2D eigenvalue weighted by Crippen LogP contribution is -2.45. The number of nitrogens with one attached hydrogen (secondary N) is 2. The molecule has 2 rings (SSSR count). The molecule has 4 N–H and O–H groups in total. The summed E-state index contributed by atoms with van der Waals surface area (Å²) in [5.74, 6) is -0.643. The van der Waals surface area contributed by atoms with Crippen LogP contribution in [-0.4, -0.2) is 47.0 Å². The van der Waals surface area contributed by atoms with Gasteiger partial charge in [0.25, 0.3) is 0 Å². The molecule has 0 radical (unpaired) electrons. The fraction of sp³-hybridized carbons (Fsp3) is 0.250. The minimum absolute atomic E-state index is 0.317. The van der Waals surface area contributed by atoms with Crippen molar-refractivity contribution < 1.29 is 24.5 Å². The molecule has 1 atom stereocenters. The fourth-order valence-electron chi connectivity index (χ4n) is 1.56. The number of rotatable bonds is 5. The monoisotopic (exact) mass is 311 g/mol. The van der Waals surface area contributed by atoms with Gasteiger partial charge in [-0.05, 0) is 18.2 Å². The van der Waals surface area contributed by atoms with Gasteiger partial charge in [-0.1, -0.05) is 11.3 Å². The molecule has 1 unspecified atom stereocenters. The van der Waals surface area contributed by atoms with Crippen molar-refractivity contribution in [2.75, 3.05) is 19.0 Å². The van der Waals surface area contributed by atoms with E-state index in [1.54, 1.807) is 25.3 Å². The number of thiazole rings is 1. The van der Waals surface area contributed by atoms with Gasteiger partial charge in [-0.15, -0.1) is 0 Å². The van der Waals surface area contributed by atoms with Gasteiger partial charge in [0.2, 0.25) is 0 Å². The molecular weight excluding hydrogens is 298 g/mol. The molecule has 0 saturated heterocycles. The number of anilines is 1. The Morgan fingerprint density at radius 2 is 2.24 bits per heavy atom. The van der Waals surface area contributed by atoms with E-state index in [2.05, 4.69) is 15.6 Å². The molecule has 1 aromatic heterocycles. The Hall–Kier alpha value is -2.39. The van der Waals surface area contributed by atoms with E-state index in [0.717, 1.165) is 4.70 Å². The van der Waals surface area contributed by atoms with Gasteiger partial charge >= 0.3 is 12.0 Å². The fourth-order valence-corrected chi connectivity index (χ4v) is 2.45. The Balaban J connectivity index is 2.09. The summed E-state index contributed by atoms with van der Waals surface area (Å²) in [4.78, 5) is 26.5. The first-order chi connectivity index (χ1) is 10.0. The Kier molecular flexibility index (Phi) is 4.55. The van der Waals surface area contributed by atoms with Crippen molar-refractivity contribution in [2.45, 2.75) is 6.04 Å². The van der Waals surface area contributed by atoms with Crippen LogP contribution in [0.5, 0.6) is 5.75 Å². The van der Waals surface area contributed by atoms with Crippen LogP contribution in [0.3, 0.4) is 0 Å². The summed E-state index contributed by atoms with van der Waals surface area (Å²) >= 11 is 1.23. The average molecular weight is 311 g/mol. The summed E-state index contributed by atoms with van der Waals surface area (Å²) in [6.07, 6.45) is 0. The number of aliphatic hydroxyl groups is 1. The molecule has 0 bridgehead atoms. The second-order valence-corrected chi connectivity index (χ2v) is 5.06. The van der Waals surface area contributed by atoms with Crippen molar-refractivity contribution in [2.24, 2.45) is 0 Å². The topological polar surface area (TPSA) is 121 Å². The zero-order valence-electron chi connectivity index (χ0n) is 11.0. The highest BCUT2D eigenvalue weighted by molar-refractivity contribution is 7.22. The number of urea groups is 1. The largest absolute Gasteiger partial charge is 0.497 e. The molecule has 1 heterocycles. The number of hydrogen-bond donors (Lipinski definition) is 4. The van der Waals surface area contributed by atoms with Crippen LogP contribution in [0.2, 0.25) is 0 Å². The summed E-state index contributed by atoms with van der Waals surface area (Å²) in [6, 6.07) is 3.17. The number of fused-ring (bicyclic) bond motifs is 1. The quantitative estimate of drug-likeness (QED) is 0.650. The Bertz CT molecular complexity index is 672. The molecule has 0 aliphatic heterocycles. The number of ether oxygens (including phenoxy) is 1. The first-order valence-electron chi connectivity index (χ1n) is 5.89. The Labute approximate surface area is 123 Å². The highest BCUT2D eigenvalue weighted by Gasteiger charge is 2.19. The maximum absolute atomic E-state index is 11.6. The van der Waals surface area contributed by atoms with E-state index in [1.807, 2.05) is 0 Å². The first kappa shape index (κ1) is 15.0. The smallest absolute Gasteiger partial charge is 0.328 e. The highest BCUT2D eigenvalue weighted by Crippen LogP contribution is 2.28. The van der Waals surface area contributed by atoms with Crippen molar-refractivity contribution in [1.29, 1.82) is 0 Å². The van der Waals surface area contributed by atoms with Crippen molar-refractivity contribution >= 4 is 38.7 Å². The highest BCUT2D eigenvalue weighted by atomic mass is 32.1. The molecule has 112 valence electrons. The average Bonchev–Trinajstić information content (AvgIpc) is 2.85. The summed E-state index contributed by atoms with van der Waals surface area (Å²) in [5, 5.41) is 22.4. The number of aliphatic carboxylic acids is 1. The molecule has 0 aliphatic rings. The van der Waals surface area contributed by atoms with Crippen LogP contribution in [0.15, 0.2) is 18.2 Å². The summed E-state index contributed by atoms with van der Waals surface area (Å²) < 4.78 is 5.91. The molecule has 8 nitrogen and oxygen atoms in total. The Morgan fingerprint density at radius 1 is 1.48 bits per heavy atom. The van der Waals surface area contributed by atoms with Crippen molar-refractivity contribution in [3.05, 3.63) is 18.2 Å². The number of carbonyl (C=O) groups is 2. The van der Waals surface area contributed by atoms with E-state index in [4.69, 9.17) is 14.9 Å². The Morgan fingerprint density at radius 3 is 2.86 bits per heavy atom. The maximum Gasteiger partial charge on any atom is 0.328 e. The van der Waals surface area contributed by atoms with Gasteiger partial charge in [-0.3, -0.25) is 5.32 Å². The van der Waals surface area contributed by atoms with Gasteiger partial charge in [0.05, 0.1) is 23.9 Å². The molecule has 1 aromatic carbocycles. The number of nitrogens with zero attached hydrogens (tertiary/aromatic N) is 1. The van der Waals surface area contributed by atoms with E-state index < -0.39 is 24.6 Å². The van der Waals surface area contributed by atoms with Crippen LogP contribution < -0.4 is 15.4 Å². The number of aliphatic hydroxyl groups excluding tert-OH is 1. The molecule has 0 aliphatic carbocycles. The number of hydrogen-bond acceptors (Lipinski definition) is 6. The van der Waals surface area contributed by atoms with Gasteiger partial charge < -0.3 is 20.3 Å². The second kappa shape index (κ2) is 6.37. The lowest BCUT2D eigenvalue weighted by atomic mass is 10.3. The van der Waals surface area contributed by atoms with E-state index >= 15 is 0 Å². The van der Waals surface area contributed by atoms with Crippen LogP contribution in [0.25, 0.3) is 10.2 Å². The zero-order chi connectivity index (χ0) is 15.4. The van der Waals surface area contributed by atoms with Crippen LogP contribution in [0.1, 0.15) is 0 Å². The molecule has 0 fully saturated rings. The van der Waals surface area contributed by atoms with Crippen molar-refractivity contribution in [3.63, 3.8) is 0 Å². The number of aromatic nitrogens is 1. The lowest BCUT2D eigenvalue weighted by Gasteiger charge is -2.11. The van der Waals surface area contributed by atoms with E-state index in [-0.39, 0.29) is 0 Å². The van der Waals surface area contributed by atoms with Crippen LogP contribution in [0, 0.1) is 0 Å². The lowest BCUT2D eigenvalue weighted by molar-refractivity contribution is -0.140. The molecule has 0 saturated carbocycles. The third-order valence-corrected chi connectivity index (χ3v) is 3.54. The predicted octanol–water partition coefficient (Wildman–Crippen LogP) is 0.872. The molecular formula is C12H13N3O5S. The van der Waals surface area contributed by atoms with Gasteiger partial charge in [-0.2, -0.15) is 0 Å². The van der Waals surface area contributed by atoms with Crippen molar-refractivity contribution in [3.8, 4) is 5.75 Å². The van der Waals surface area contributed by atoms with Crippen LogP contribution in [0.4, 0.5) is 9.93 Å². The predicted molar refractivity (Wildman–Crippen MR) is 76.8 cm³/mol. The molecule has 21 heavy (non-hydrogen) atoms. The van der Waals surface area contributed by atoms with Crippen LogP contribution in [-0.2, 0) is 4.79 Å². The molecule has 2 aromatic rings. The van der Waals surface area contributed by atoms with Gasteiger partial charge in [-0.25, -0.2) is 14.6 Å². The zero-order valence-corrected chi connectivity index (χ0v) is 11.8. The summed E-state index contributed by atoms with van der Waals surface area (Å²) in [5.41, 5.74) is 0.688. The van der Waals surface area contributed by atoms with Crippen molar-refractivity contribution in [1.82, 2.24) is 10.3 Å². The number of methoxy groups -OCH3 is 1. The minimum Gasteiger partial charge on any atom is -0.497 e. The normalized spacial score (nSPS) is 11.9. The molecule has 2 amide bonds. The minimum atomic E-state index is -1.36. The van der Waals surface area contributed by atoms with Gasteiger partial charge in [0, 0.05) is 0 Å². The summed E-state index contributed by atoms with van der Waals surface area (Å²) in [6.45, 7) is -0.695. The first-order valence-corrected chi connectivity index (χ1v) is 6.71. The summed E-state index contributed by atoms with van der Waals surface area (Å²) in [7, 11) is 1.55. The maximum atomic E-state index is 11.6. The third-order valence-electron chi connectivity index (χ3n) is 2.60. The molecule has 9 heteroatoms. The van der Waals surface area contributed by atoms with Gasteiger partial charge in [0.1, 0.15) is 5.75 Å². The molecule has 0 spiro atoms. The van der Waals surface area contributed by atoms with E-state index in [0.29, 0.717) is 16.4 Å². The number of carbonyl (C=O) groups excluding carboxylic acids is 1. The number of benzene rings is 1.